The highest BCUT2D eigenvalue weighted by atomic mass is 16.5. The van der Waals surface area contributed by atoms with E-state index in [4.69, 9.17) is 20.6 Å². The van der Waals surface area contributed by atoms with Crippen molar-refractivity contribution in [1.82, 2.24) is 10.2 Å². The lowest BCUT2D eigenvalue weighted by Crippen LogP contribution is -2.09. The molecule has 0 radical (unpaired) electrons. The van der Waals surface area contributed by atoms with E-state index in [1.807, 2.05) is 26.0 Å². The van der Waals surface area contributed by atoms with E-state index < -0.39 is 0 Å². The number of methoxy groups -OCH3 is 1. The first-order chi connectivity index (χ1) is 15.4. The number of benzene rings is 2. The second-order valence-electron chi connectivity index (χ2n) is 8.08. The maximum atomic E-state index is 9.44. The van der Waals surface area contributed by atoms with Crippen molar-refractivity contribution in [3.8, 4) is 17.6 Å². The molecule has 1 saturated carbocycles. The van der Waals surface area contributed by atoms with Crippen molar-refractivity contribution >= 4 is 11.4 Å². The highest BCUT2D eigenvalue weighted by Crippen LogP contribution is 2.41. The zero-order chi connectivity index (χ0) is 22.8. The highest BCUT2D eigenvalue weighted by Gasteiger charge is 2.25. The smallest absolute Gasteiger partial charge is 0.162 e. The molecule has 1 aromatic heterocycles. The van der Waals surface area contributed by atoms with Crippen LogP contribution < -0.4 is 15.2 Å². The van der Waals surface area contributed by atoms with Crippen molar-refractivity contribution in [2.24, 2.45) is 0 Å². The number of nitrogen functional groups attached to an aromatic ring is 1. The van der Waals surface area contributed by atoms with Gasteiger partial charge in [-0.3, -0.25) is 5.41 Å². The Morgan fingerprint density at radius 1 is 1.19 bits per heavy atom. The Morgan fingerprint density at radius 3 is 2.62 bits per heavy atom. The lowest BCUT2D eigenvalue weighted by Gasteiger charge is -2.17. The van der Waals surface area contributed by atoms with Gasteiger partial charge in [-0.2, -0.15) is 15.5 Å². The predicted molar refractivity (Wildman–Crippen MR) is 122 cm³/mol. The van der Waals surface area contributed by atoms with Gasteiger partial charge >= 0.3 is 0 Å². The van der Waals surface area contributed by atoms with E-state index in [1.54, 1.807) is 31.5 Å². The fourth-order valence-electron chi connectivity index (χ4n) is 3.73. The number of ether oxygens (including phenoxy) is 2. The molecular formula is C25H25N5O2. The van der Waals surface area contributed by atoms with Crippen molar-refractivity contribution in [1.29, 1.82) is 10.7 Å². The number of aromatic nitrogens is 2. The normalized spacial score (nSPS) is 12.8. The van der Waals surface area contributed by atoms with Crippen LogP contribution in [-0.4, -0.2) is 23.0 Å². The van der Waals surface area contributed by atoms with Crippen LogP contribution in [0.5, 0.6) is 11.5 Å². The summed E-state index contributed by atoms with van der Waals surface area (Å²) in [6, 6.07) is 11.2. The molecule has 1 fully saturated rings. The molecule has 1 aliphatic carbocycles. The number of hydrogen-bond donors (Lipinski definition) is 2. The Bertz CT molecular complexity index is 1220. The quantitative estimate of drug-likeness (QED) is 0.425. The van der Waals surface area contributed by atoms with Gasteiger partial charge in [0.05, 0.1) is 36.3 Å². The molecule has 162 valence electrons. The minimum Gasteiger partial charge on any atom is -0.493 e. The summed E-state index contributed by atoms with van der Waals surface area (Å²) >= 11 is 0. The third-order valence-electron chi connectivity index (χ3n) is 5.77. The van der Waals surface area contributed by atoms with Crippen LogP contribution in [0.15, 0.2) is 36.5 Å². The van der Waals surface area contributed by atoms with Crippen molar-refractivity contribution in [3.63, 3.8) is 0 Å². The summed E-state index contributed by atoms with van der Waals surface area (Å²) in [5.41, 5.74) is 12.5. The molecule has 3 aromatic rings. The topological polar surface area (TPSA) is 118 Å². The van der Waals surface area contributed by atoms with Gasteiger partial charge in [-0.05, 0) is 68.0 Å². The van der Waals surface area contributed by atoms with E-state index in [-0.39, 0.29) is 12.3 Å². The number of nitriles is 1. The van der Waals surface area contributed by atoms with Gasteiger partial charge in [0.15, 0.2) is 11.5 Å². The third-order valence-corrected chi connectivity index (χ3v) is 5.77. The summed E-state index contributed by atoms with van der Waals surface area (Å²) in [5, 5.41) is 26.3. The van der Waals surface area contributed by atoms with Crippen LogP contribution in [-0.2, 0) is 6.61 Å². The number of hydrogen-bond acceptors (Lipinski definition) is 7. The fourth-order valence-corrected chi connectivity index (χ4v) is 3.73. The number of aryl methyl sites for hydroxylation is 2. The number of nitrogens with one attached hydrogen (secondary N) is 1. The molecule has 2 aromatic carbocycles. The molecule has 0 saturated heterocycles. The lowest BCUT2D eigenvalue weighted by molar-refractivity contribution is 0.282. The van der Waals surface area contributed by atoms with E-state index >= 15 is 0 Å². The largest absolute Gasteiger partial charge is 0.493 e. The minimum absolute atomic E-state index is 0.243. The molecule has 1 heterocycles. The first-order valence-electron chi connectivity index (χ1n) is 10.4. The van der Waals surface area contributed by atoms with Gasteiger partial charge in [0.25, 0.3) is 0 Å². The summed E-state index contributed by atoms with van der Waals surface area (Å²) in [4.78, 5) is 0. The maximum Gasteiger partial charge on any atom is 0.162 e. The Kier molecular flexibility index (Phi) is 5.78. The van der Waals surface area contributed by atoms with Gasteiger partial charge in [-0.1, -0.05) is 0 Å². The summed E-state index contributed by atoms with van der Waals surface area (Å²) < 4.78 is 11.5. The molecule has 7 nitrogen and oxygen atoms in total. The predicted octanol–water partition coefficient (Wildman–Crippen LogP) is 4.43. The van der Waals surface area contributed by atoms with Crippen LogP contribution in [0.4, 0.5) is 5.69 Å². The fraction of sp³-hybridized carbons (Fsp3) is 0.280. The number of anilines is 1. The van der Waals surface area contributed by atoms with Crippen LogP contribution in [0.25, 0.3) is 0 Å². The zero-order valence-electron chi connectivity index (χ0n) is 18.4. The van der Waals surface area contributed by atoms with Crippen LogP contribution in [0, 0.1) is 30.6 Å². The molecule has 3 N–H and O–H groups in total. The molecule has 7 heteroatoms. The highest BCUT2D eigenvalue weighted by molar-refractivity contribution is 6.14. The second kappa shape index (κ2) is 8.67. The summed E-state index contributed by atoms with van der Waals surface area (Å²) in [5.74, 6) is 1.44. The summed E-state index contributed by atoms with van der Waals surface area (Å²) in [6.07, 6.45) is 3.94. The number of rotatable bonds is 7. The first-order valence-corrected chi connectivity index (χ1v) is 10.4. The van der Waals surface area contributed by atoms with Crippen molar-refractivity contribution < 1.29 is 9.47 Å². The van der Waals surface area contributed by atoms with Crippen LogP contribution in [0.2, 0.25) is 0 Å². The molecule has 1 aliphatic rings. The van der Waals surface area contributed by atoms with Crippen molar-refractivity contribution in [2.75, 3.05) is 12.8 Å². The van der Waals surface area contributed by atoms with E-state index in [0.717, 1.165) is 35.2 Å². The Labute approximate surface area is 187 Å². The second-order valence-corrected chi connectivity index (χ2v) is 8.08. The minimum atomic E-state index is 0.243. The lowest BCUT2D eigenvalue weighted by atomic mass is 9.95. The standard InChI is InChI=1S/C25H25N5O2/c1-14-12-29-30-15(2)21(14)13-32-24-9-20(22(27)10-23(24)31-3)25(28)19-7-16(11-26)6-18(8-19)17-4-5-17/h6-10,12,17,28H,4-5,13,27H2,1-3H3. The molecule has 0 unspecified atom stereocenters. The van der Waals surface area contributed by atoms with E-state index in [9.17, 15) is 5.26 Å². The van der Waals surface area contributed by atoms with E-state index in [0.29, 0.717) is 39.8 Å². The number of nitrogens with zero attached hydrogens (tertiary/aromatic N) is 3. The van der Waals surface area contributed by atoms with E-state index in [1.165, 1.54) is 0 Å². The van der Waals surface area contributed by atoms with E-state index in [2.05, 4.69) is 16.3 Å². The molecular weight excluding hydrogens is 402 g/mol. The van der Waals surface area contributed by atoms with Gasteiger partial charge in [-0.15, -0.1) is 0 Å². The van der Waals surface area contributed by atoms with Gasteiger partial charge in [-0.25, -0.2) is 0 Å². The average molecular weight is 428 g/mol. The molecule has 0 aliphatic heterocycles. The Balaban J connectivity index is 1.68. The Hall–Kier alpha value is -3.92. The van der Waals surface area contributed by atoms with Crippen molar-refractivity contribution in [3.05, 3.63) is 75.6 Å². The van der Waals surface area contributed by atoms with Crippen molar-refractivity contribution in [2.45, 2.75) is 39.2 Å². The molecule has 0 bridgehead atoms. The first kappa shape index (κ1) is 21.3. The van der Waals surface area contributed by atoms with Gasteiger partial charge in [0, 0.05) is 28.4 Å². The van der Waals surface area contributed by atoms with Gasteiger partial charge in [0.1, 0.15) is 6.61 Å². The molecule has 0 spiro atoms. The van der Waals surface area contributed by atoms with Gasteiger partial charge < -0.3 is 15.2 Å². The van der Waals surface area contributed by atoms with Crippen LogP contribution >= 0.6 is 0 Å². The monoisotopic (exact) mass is 427 g/mol. The Morgan fingerprint density at radius 2 is 1.97 bits per heavy atom. The van der Waals surface area contributed by atoms with Crippen LogP contribution in [0.1, 0.15) is 57.8 Å². The molecule has 32 heavy (non-hydrogen) atoms. The number of nitrogens with two attached hydrogens (primary N) is 1. The summed E-state index contributed by atoms with van der Waals surface area (Å²) in [7, 11) is 1.55. The maximum absolute atomic E-state index is 9.44. The molecule has 4 rings (SSSR count). The SMILES string of the molecule is COc1cc(N)c(C(=N)c2cc(C#N)cc(C3CC3)c2)cc1OCc1c(C)cnnc1C. The molecule has 0 atom stereocenters. The van der Waals surface area contributed by atoms with Gasteiger partial charge in [0.2, 0.25) is 0 Å². The third kappa shape index (κ3) is 4.26. The molecule has 0 amide bonds. The zero-order valence-corrected chi connectivity index (χ0v) is 18.4. The summed E-state index contributed by atoms with van der Waals surface area (Å²) in [6.45, 7) is 4.14. The van der Waals surface area contributed by atoms with Crippen LogP contribution in [0.3, 0.4) is 0 Å². The average Bonchev–Trinajstić information content (AvgIpc) is 3.64.